The fourth-order valence-corrected chi connectivity index (χ4v) is 3.45. The van der Waals surface area contributed by atoms with Crippen LogP contribution >= 0.6 is 0 Å². The van der Waals surface area contributed by atoms with E-state index in [1.165, 1.54) is 11.3 Å². The van der Waals surface area contributed by atoms with Crippen molar-refractivity contribution in [2.24, 2.45) is 5.92 Å². The van der Waals surface area contributed by atoms with Gasteiger partial charge in [-0.25, -0.2) is 0 Å². The molecule has 0 unspecified atom stereocenters. The molecule has 0 aromatic heterocycles. The zero-order chi connectivity index (χ0) is 15.7. The van der Waals surface area contributed by atoms with Gasteiger partial charge >= 0.3 is 0 Å². The van der Waals surface area contributed by atoms with Gasteiger partial charge in [-0.05, 0) is 25.0 Å². The van der Waals surface area contributed by atoms with Gasteiger partial charge in [0.2, 0.25) is 11.8 Å². The van der Waals surface area contributed by atoms with Crippen molar-refractivity contribution < 1.29 is 9.59 Å². The maximum Gasteiger partial charge on any atom is 0.225 e. The second-order valence-corrected chi connectivity index (χ2v) is 6.34. The number of anilines is 1. The summed E-state index contributed by atoms with van der Waals surface area (Å²) < 4.78 is 0. The number of benzene rings is 1. The minimum Gasteiger partial charge on any atom is -0.367 e. The Morgan fingerprint density at radius 3 is 2.82 bits per heavy atom. The van der Waals surface area contributed by atoms with Crippen LogP contribution in [0.4, 0.5) is 5.69 Å². The summed E-state index contributed by atoms with van der Waals surface area (Å²) in [6, 6.07) is 8.91. The second kappa shape index (κ2) is 5.99. The SMILES string of the molecule is C[C@H]1Cc2ccccc2N1CCNC(=O)[C@H]1CC(=O)N(C)C1. The van der Waals surface area contributed by atoms with Crippen molar-refractivity contribution in [1.82, 2.24) is 10.2 Å². The maximum atomic E-state index is 12.1. The standard InChI is InChI=1S/C17H23N3O2/c1-12-9-13-5-3-4-6-15(13)20(12)8-7-18-17(22)14-10-16(21)19(2)11-14/h3-6,12,14H,7-11H2,1-2H3,(H,18,22)/t12-,14-/m0/s1. The van der Waals surface area contributed by atoms with Crippen molar-refractivity contribution in [1.29, 1.82) is 0 Å². The molecule has 5 nitrogen and oxygen atoms in total. The summed E-state index contributed by atoms with van der Waals surface area (Å²) in [5.41, 5.74) is 2.66. The van der Waals surface area contributed by atoms with Crippen LogP contribution in [-0.4, -0.2) is 49.4 Å². The molecule has 1 N–H and O–H groups in total. The predicted molar refractivity (Wildman–Crippen MR) is 85.7 cm³/mol. The first-order chi connectivity index (χ1) is 10.6. The lowest BCUT2D eigenvalue weighted by molar-refractivity contribution is -0.128. The maximum absolute atomic E-state index is 12.1. The van der Waals surface area contributed by atoms with Crippen LogP contribution in [0.5, 0.6) is 0 Å². The van der Waals surface area contributed by atoms with E-state index in [9.17, 15) is 9.59 Å². The van der Waals surface area contributed by atoms with E-state index < -0.39 is 0 Å². The Morgan fingerprint density at radius 2 is 2.09 bits per heavy atom. The number of amides is 2. The highest BCUT2D eigenvalue weighted by atomic mass is 16.2. The van der Waals surface area contributed by atoms with Crippen LogP contribution < -0.4 is 10.2 Å². The van der Waals surface area contributed by atoms with Gasteiger partial charge in [0, 0.05) is 44.8 Å². The highest BCUT2D eigenvalue weighted by molar-refractivity contribution is 5.89. The summed E-state index contributed by atoms with van der Waals surface area (Å²) in [6.07, 6.45) is 1.40. The summed E-state index contributed by atoms with van der Waals surface area (Å²) in [5.74, 6) is -0.138. The van der Waals surface area contributed by atoms with E-state index in [1.807, 2.05) is 0 Å². The lowest BCUT2D eigenvalue weighted by Crippen LogP contribution is -2.40. The molecule has 2 atom stereocenters. The largest absolute Gasteiger partial charge is 0.367 e. The Bertz CT molecular complexity index is 587. The Kier molecular flexibility index (Phi) is 4.05. The molecule has 2 amide bonds. The first-order valence-electron chi connectivity index (χ1n) is 7.92. The molecule has 0 spiro atoms. The molecule has 0 saturated carbocycles. The van der Waals surface area contributed by atoms with Gasteiger partial charge in [-0.15, -0.1) is 0 Å². The third kappa shape index (κ3) is 2.80. The fourth-order valence-electron chi connectivity index (χ4n) is 3.45. The van der Waals surface area contributed by atoms with Crippen molar-refractivity contribution in [3.63, 3.8) is 0 Å². The second-order valence-electron chi connectivity index (χ2n) is 6.34. The van der Waals surface area contributed by atoms with Crippen LogP contribution in [0, 0.1) is 5.92 Å². The third-order valence-corrected chi connectivity index (χ3v) is 4.71. The molecule has 1 saturated heterocycles. The summed E-state index contributed by atoms with van der Waals surface area (Å²) in [7, 11) is 1.75. The molecule has 0 radical (unpaired) electrons. The van der Waals surface area contributed by atoms with E-state index >= 15 is 0 Å². The molecule has 1 aromatic carbocycles. The lowest BCUT2D eigenvalue weighted by Gasteiger charge is -2.25. The summed E-state index contributed by atoms with van der Waals surface area (Å²) >= 11 is 0. The van der Waals surface area contributed by atoms with Gasteiger partial charge < -0.3 is 15.1 Å². The molecule has 2 aliphatic heterocycles. The minimum absolute atomic E-state index is 0.00200. The number of para-hydroxylation sites is 1. The molecule has 3 rings (SSSR count). The molecule has 1 aromatic rings. The average molecular weight is 301 g/mol. The van der Waals surface area contributed by atoms with Gasteiger partial charge in [0.15, 0.2) is 0 Å². The predicted octanol–water partition coefficient (Wildman–Crippen LogP) is 1.03. The van der Waals surface area contributed by atoms with E-state index in [4.69, 9.17) is 0 Å². The van der Waals surface area contributed by atoms with Crippen LogP contribution in [0.15, 0.2) is 24.3 Å². The minimum atomic E-state index is -0.194. The number of hydrogen-bond acceptors (Lipinski definition) is 3. The molecule has 5 heteroatoms. The van der Waals surface area contributed by atoms with Crippen molar-refractivity contribution >= 4 is 17.5 Å². The Morgan fingerprint density at radius 1 is 1.32 bits per heavy atom. The number of rotatable bonds is 4. The van der Waals surface area contributed by atoms with Gasteiger partial charge in [0.1, 0.15) is 0 Å². The average Bonchev–Trinajstić information content (AvgIpc) is 2.99. The number of carbonyl (C=O) groups excluding carboxylic acids is 2. The van der Waals surface area contributed by atoms with E-state index in [-0.39, 0.29) is 17.7 Å². The zero-order valence-electron chi connectivity index (χ0n) is 13.2. The third-order valence-electron chi connectivity index (χ3n) is 4.71. The molecule has 22 heavy (non-hydrogen) atoms. The number of carbonyl (C=O) groups is 2. The topological polar surface area (TPSA) is 52.7 Å². The van der Waals surface area contributed by atoms with Crippen LogP contribution in [0.25, 0.3) is 0 Å². The Balaban J connectivity index is 1.51. The smallest absolute Gasteiger partial charge is 0.225 e. The monoisotopic (exact) mass is 301 g/mol. The van der Waals surface area contributed by atoms with Crippen LogP contribution in [-0.2, 0) is 16.0 Å². The number of hydrogen-bond donors (Lipinski definition) is 1. The number of nitrogens with zero attached hydrogens (tertiary/aromatic N) is 2. The number of nitrogens with one attached hydrogen (secondary N) is 1. The van der Waals surface area contributed by atoms with Crippen LogP contribution in [0.1, 0.15) is 18.9 Å². The van der Waals surface area contributed by atoms with Crippen molar-refractivity contribution in [2.45, 2.75) is 25.8 Å². The first kappa shape index (κ1) is 14.9. The first-order valence-corrected chi connectivity index (χ1v) is 7.92. The highest BCUT2D eigenvalue weighted by Gasteiger charge is 2.32. The van der Waals surface area contributed by atoms with Crippen molar-refractivity contribution in [3.8, 4) is 0 Å². The molecule has 0 aliphatic carbocycles. The van der Waals surface area contributed by atoms with Crippen molar-refractivity contribution in [3.05, 3.63) is 29.8 Å². The number of fused-ring (bicyclic) bond motifs is 1. The number of likely N-dealkylation sites (tertiary alicyclic amines) is 1. The zero-order valence-corrected chi connectivity index (χ0v) is 13.2. The normalized spacial score (nSPS) is 23.8. The summed E-state index contributed by atoms with van der Waals surface area (Å²) in [5, 5.41) is 2.98. The van der Waals surface area contributed by atoms with E-state index in [2.05, 4.69) is 41.4 Å². The van der Waals surface area contributed by atoms with E-state index in [1.54, 1.807) is 11.9 Å². The van der Waals surface area contributed by atoms with E-state index in [0.29, 0.717) is 25.6 Å². The Labute approximate surface area is 131 Å². The van der Waals surface area contributed by atoms with Gasteiger partial charge in [-0.3, -0.25) is 9.59 Å². The molecule has 118 valence electrons. The molecule has 1 fully saturated rings. The highest BCUT2D eigenvalue weighted by Crippen LogP contribution is 2.31. The van der Waals surface area contributed by atoms with Gasteiger partial charge in [0.25, 0.3) is 0 Å². The molecule has 0 bridgehead atoms. The summed E-state index contributed by atoms with van der Waals surface area (Å²) in [6.45, 7) is 4.17. The molecular formula is C17H23N3O2. The fraction of sp³-hybridized carbons (Fsp3) is 0.529. The lowest BCUT2D eigenvalue weighted by atomic mass is 10.1. The molecule has 2 aliphatic rings. The Hall–Kier alpha value is -2.04. The van der Waals surface area contributed by atoms with Crippen molar-refractivity contribution in [2.75, 3.05) is 31.6 Å². The van der Waals surface area contributed by atoms with Gasteiger partial charge in [-0.1, -0.05) is 18.2 Å². The van der Waals surface area contributed by atoms with Crippen LogP contribution in [0.2, 0.25) is 0 Å². The summed E-state index contributed by atoms with van der Waals surface area (Å²) in [4.78, 5) is 27.6. The van der Waals surface area contributed by atoms with E-state index in [0.717, 1.165) is 13.0 Å². The molecule has 2 heterocycles. The van der Waals surface area contributed by atoms with Gasteiger partial charge in [-0.2, -0.15) is 0 Å². The molecular weight excluding hydrogens is 278 g/mol. The van der Waals surface area contributed by atoms with Crippen LogP contribution in [0.3, 0.4) is 0 Å². The quantitative estimate of drug-likeness (QED) is 0.904. The van der Waals surface area contributed by atoms with Gasteiger partial charge in [0.05, 0.1) is 5.92 Å².